The lowest BCUT2D eigenvalue weighted by Crippen LogP contribution is -2.51. The number of piperazine rings is 1. The largest absolute Gasteiger partial charge is 0.353 e. The maximum absolute atomic E-state index is 12.6. The summed E-state index contributed by atoms with van der Waals surface area (Å²) in [6, 6.07) is 6.66. The predicted octanol–water partition coefficient (Wildman–Crippen LogP) is 4.00. The second-order valence-corrected chi connectivity index (χ2v) is 8.92. The van der Waals surface area contributed by atoms with Crippen molar-refractivity contribution in [3.8, 4) is 0 Å². The molecule has 5 nitrogen and oxygen atoms in total. The Morgan fingerprint density at radius 2 is 1.80 bits per heavy atom. The molecular weight excluding hydrogens is 372 g/mol. The maximum atomic E-state index is 12.6. The molecule has 0 unspecified atom stereocenters. The average molecular weight is 407 g/mol. The first kappa shape index (κ1) is 20.8. The van der Waals surface area contributed by atoms with Crippen molar-refractivity contribution in [1.82, 2.24) is 14.9 Å². The Labute approximate surface area is 180 Å². The van der Waals surface area contributed by atoms with Crippen LogP contribution in [-0.2, 0) is 17.6 Å². The van der Waals surface area contributed by atoms with E-state index in [2.05, 4.69) is 48.8 Å². The SMILES string of the molecule is CCc1nc(C)nc(N2CCN(C(=O)C3CCC3)CC2)c1Cc1cc(C)ccc1C. The van der Waals surface area contributed by atoms with Crippen molar-refractivity contribution in [2.45, 2.75) is 59.8 Å². The molecule has 5 heteroatoms. The zero-order valence-electron chi connectivity index (χ0n) is 18.9. The number of aromatic nitrogens is 2. The van der Waals surface area contributed by atoms with Crippen molar-refractivity contribution in [1.29, 1.82) is 0 Å². The predicted molar refractivity (Wildman–Crippen MR) is 121 cm³/mol. The van der Waals surface area contributed by atoms with E-state index in [4.69, 9.17) is 9.97 Å². The zero-order chi connectivity index (χ0) is 21.3. The van der Waals surface area contributed by atoms with Crippen LogP contribution in [0.15, 0.2) is 18.2 Å². The minimum atomic E-state index is 0.282. The molecule has 1 saturated carbocycles. The molecule has 2 aliphatic rings. The van der Waals surface area contributed by atoms with Crippen LogP contribution < -0.4 is 4.90 Å². The molecule has 0 radical (unpaired) electrons. The fourth-order valence-electron chi connectivity index (χ4n) is 4.61. The molecule has 1 aliphatic carbocycles. The van der Waals surface area contributed by atoms with Crippen molar-refractivity contribution in [2.75, 3.05) is 31.1 Å². The summed E-state index contributed by atoms with van der Waals surface area (Å²) < 4.78 is 0. The van der Waals surface area contributed by atoms with E-state index in [0.717, 1.165) is 69.2 Å². The van der Waals surface area contributed by atoms with Gasteiger partial charge < -0.3 is 9.80 Å². The molecule has 1 aliphatic heterocycles. The Balaban J connectivity index is 1.59. The molecule has 2 aromatic rings. The van der Waals surface area contributed by atoms with Crippen molar-refractivity contribution in [3.05, 3.63) is 52.0 Å². The molecular formula is C25H34N4O. The van der Waals surface area contributed by atoms with E-state index >= 15 is 0 Å². The summed E-state index contributed by atoms with van der Waals surface area (Å²) in [7, 11) is 0. The number of amides is 1. The highest BCUT2D eigenvalue weighted by Crippen LogP contribution is 2.30. The van der Waals surface area contributed by atoms with Gasteiger partial charge in [-0.1, -0.05) is 37.1 Å². The normalized spacial score (nSPS) is 17.2. The van der Waals surface area contributed by atoms with Crippen LogP contribution in [-0.4, -0.2) is 47.0 Å². The van der Waals surface area contributed by atoms with E-state index in [-0.39, 0.29) is 5.92 Å². The second-order valence-electron chi connectivity index (χ2n) is 8.92. The Bertz CT molecular complexity index is 927. The number of rotatable bonds is 5. The van der Waals surface area contributed by atoms with E-state index in [0.29, 0.717) is 5.91 Å². The molecule has 1 aromatic carbocycles. The Kier molecular flexibility index (Phi) is 6.07. The molecule has 1 aromatic heterocycles. The molecule has 0 bridgehead atoms. The first-order valence-electron chi connectivity index (χ1n) is 11.4. The molecule has 2 heterocycles. The van der Waals surface area contributed by atoms with Gasteiger partial charge in [-0.2, -0.15) is 0 Å². The summed E-state index contributed by atoms with van der Waals surface area (Å²) in [5.41, 5.74) is 6.33. The fourth-order valence-corrected chi connectivity index (χ4v) is 4.61. The molecule has 1 saturated heterocycles. The summed E-state index contributed by atoms with van der Waals surface area (Å²) in [6.45, 7) is 11.8. The fraction of sp³-hybridized carbons (Fsp3) is 0.560. The van der Waals surface area contributed by atoms with Crippen molar-refractivity contribution in [3.63, 3.8) is 0 Å². The number of anilines is 1. The number of hydrogen-bond donors (Lipinski definition) is 0. The smallest absolute Gasteiger partial charge is 0.225 e. The highest BCUT2D eigenvalue weighted by Gasteiger charge is 2.32. The van der Waals surface area contributed by atoms with E-state index in [9.17, 15) is 4.79 Å². The third-order valence-electron chi connectivity index (χ3n) is 6.73. The number of carbonyl (C=O) groups excluding carboxylic acids is 1. The minimum absolute atomic E-state index is 0.282. The molecule has 160 valence electrons. The van der Waals surface area contributed by atoms with Crippen molar-refractivity contribution in [2.24, 2.45) is 5.92 Å². The highest BCUT2D eigenvalue weighted by atomic mass is 16.2. The van der Waals surface area contributed by atoms with Gasteiger partial charge in [0.15, 0.2) is 0 Å². The molecule has 4 rings (SSSR count). The van der Waals surface area contributed by atoms with Gasteiger partial charge in [0.25, 0.3) is 0 Å². The number of benzene rings is 1. The third-order valence-corrected chi connectivity index (χ3v) is 6.73. The molecule has 0 atom stereocenters. The van der Waals surface area contributed by atoms with E-state index in [1.807, 2.05) is 6.92 Å². The van der Waals surface area contributed by atoms with E-state index in [1.165, 1.54) is 28.7 Å². The van der Waals surface area contributed by atoms with Gasteiger partial charge in [-0.05, 0) is 51.2 Å². The lowest BCUT2D eigenvalue weighted by Gasteiger charge is -2.39. The van der Waals surface area contributed by atoms with Gasteiger partial charge in [-0.15, -0.1) is 0 Å². The van der Waals surface area contributed by atoms with Crippen LogP contribution in [0.5, 0.6) is 0 Å². The van der Waals surface area contributed by atoms with Crippen LogP contribution in [0.25, 0.3) is 0 Å². The molecule has 0 N–H and O–H groups in total. The molecule has 30 heavy (non-hydrogen) atoms. The Morgan fingerprint density at radius 3 is 2.43 bits per heavy atom. The summed E-state index contributed by atoms with van der Waals surface area (Å²) in [4.78, 5) is 26.8. The van der Waals surface area contributed by atoms with Gasteiger partial charge in [0.05, 0.1) is 0 Å². The quantitative estimate of drug-likeness (QED) is 0.753. The minimum Gasteiger partial charge on any atom is -0.353 e. The van der Waals surface area contributed by atoms with Crippen LogP contribution in [0.3, 0.4) is 0 Å². The maximum Gasteiger partial charge on any atom is 0.225 e. The lowest BCUT2D eigenvalue weighted by molar-refractivity contribution is -0.138. The van der Waals surface area contributed by atoms with Crippen LogP contribution in [0.2, 0.25) is 0 Å². The summed E-state index contributed by atoms with van der Waals surface area (Å²) in [5.74, 6) is 2.55. The van der Waals surface area contributed by atoms with Gasteiger partial charge in [0.1, 0.15) is 11.6 Å². The summed E-state index contributed by atoms with van der Waals surface area (Å²) >= 11 is 0. The lowest BCUT2D eigenvalue weighted by atomic mass is 9.84. The number of hydrogen-bond acceptors (Lipinski definition) is 4. The summed E-state index contributed by atoms with van der Waals surface area (Å²) in [6.07, 6.45) is 5.11. The van der Waals surface area contributed by atoms with Crippen molar-refractivity contribution >= 4 is 11.7 Å². The van der Waals surface area contributed by atoms with Gasteiger partial charge in [0.2, 0.25) is 5.91 Å². The van der Waals surface area contributed by atoms with Crippen LogP contribution in [0.4, 0.5) is 5.82 Å². The van der Waals surface area contributed by atoms with Crippen LogP contribution >= 0.6 is 0 Å². The monoisotopic (exact) mass is 406 g/mol. The number of aryl methyl sites for hydroxylation is 4. The molecule has 0 spiro atoms. The van der Waals surface area contributed by atoms with Crippen molar-refractivity contribution < 1.29 is 4.79 Å². The van der Waals surface area contributed by atoms with Gasteiger partial charge in [-0.3, -0.25) is 4.79 Å². The van der Waals surface area contributed by atoms with Gasteiger partial charge >= 0.3 is 0 Å². The Morgan fingerprint density at radius 1 is 1.07 bits per heavy atom. The first-order valence-corrected chi connectivity index (χ1v) is 11.4. The highest BCUT2D eigenvalue weighted by molar-refractivity contribution is 5.80. The molecule has 2 fully saturated rings. The second kappa shape index (κ2) is 8.75. The van der Waals surface area contributed by atoms with Gasteiger partial charge in [-0.25, -0.2) is 9.97 Å². The Hall–Kier alpha value is -2.43. The average Bonchev–Trinajstić information content (AvgIpc) is 2.70. The van der Waals surface area contributed by atoms with E-state index in [1.54, 1.807) is 0 Å². The van der Waals surface area contributed by atoms with Crippen LogP contribution in [0.1, 0.15) is 60.0 Å². The van der Waals surface area contributed by atoms with Crippen LogP contribution in [0, 0.1) is 26.7 Å². The number of nitrogens with zero attached hydrogens (tertiary/aromatic N) is 4. The number of carbonyl (C=O) groups is 1. The zero-order valence-corrected chi connectivity index (χ0v) is 18.9. The summed E-state index contributed by atoms with van der Waals surface area (Å²) in [5, 5.41) is 0. The topological polar surface area (TPSA) is 49.3 Å². The third kappa shape index (κ3) is 4.21. The standard InChI is InChI=1S/C25H34N4O/c1-5-23-22(16-21-15-17(2)9-10-18(21)3)24(27-19(4)26-23)28-11-13-29(14-12-28)25(30)20-7-6-8-20/h9-10,15,20H,5-8,11-14,16H2,1-4H3. The molecule has 1 amide bonds. The van der Waals surface area contributed by atoms with Gasteiger partial charge in [0, 0.05) is 49.8 Å². The van der Waals surface area contributed by atoms with E-state index < -0.39 is 0 Å². The first-order chi connectivity index (χ1) is 14.5.